The van der Waals surface area contributed by atoms with Gasteiger partial charge in [0.1, 0.15) is 6.07 Å². The minimum Gasteiger partial charge on any atom is -0.200 e. The summed E-state index contributed by atoms with van der Waals surface area (Å²) in [6.07, 6.45) is -22.8. The van der Waals surface area contributed by atoms with Crippen LogP contribution in [0.3, 0.4) is 0 Å². The average molecular weight is 1090 g/mol. The minimum atomic E-state index is -9.03. The molecule has 384 valence electrons. The maximum Gasteiger partial charge on any atom is 0.460 e. The summed E-state index contributed by atoms with van der Waals surface area (Å²) in [5.74, 6) is -124. The third-order valence-electron chi connectivity index (χ3n) is 8.25. The van der Waals surface area contributed by atoms with Crippen LogP contribution in [0.1, 0.15) is 18.4 Å². The van der Waals surface area contributed by atoms with Gasteiger partial charge in [-0.05, 0) is 5.56 Å². The van der Waals surface area contributed by atoms with E-state index in [0.717, 1.165) is 24.3 Å². The second kappa shape index (κ2) is 17.6. The van der Waals surface area contributed by atoms with E-state index in [1.165, 1.54) is 0 Å². The number of allylic oxidation sites excluding steroid dienone is 1. The Hall–Kier alpha value is -3.23. The Bertz CT molecular complexity index is 1810. The van der Waals surface area contributed by atoms with Crippen molar-refractivity contribution in [1.29, 1.82) is 5.26 Å². The molecule has 37 heteroatoms. The highest BCUT2D eigenvalue weighted by Gasteiger charge is 2.96. The fourth-order valence-corrected chi connectivity index (χ4v) is 6.81. The molecule has 0 fully saturated rings. The molecule has 0 aromatic heterocycles. The first-order chi connectivity index (χ1) is 28.6. The molecule has 0 aliphatic heterocycles. The van der Waals surface area contributed by atoms with Gasteiger partial charge in [-0.15, -0.1) is 23.5 Å². The molecule has 0 unspecified atom stereocenters. The summed E-state index contributed by atoms with van der Waals surface area (Å²) in [6, 6.07) is 5.19. The standard InChI is InChI=1S/C29H13F34NS2/c30-14(31,16(34,35)18(38,39)20(42,43)22(46,47)24(50,51)26(54,55)28(58,59)60)6-8-65-13(12(10-64)11-4-2-1-3-5-11)66-9-7-15(32,33)17(36,37)19(40,41)21(44,45)23(48,49)25(52,53)27(56,57)29(61,62)63/h1-5H,6-9H2. The van der Waals surface area contributed by atoms with Crippen molar-refractivity contribution in [3.05, 3.63) is 40.1 Å². The third kappa shape index (κ3) is 9.06. The van der Waals surface area contributed by atoms with Gasteiger partial charge >= 0.3 is 95.3 Å². The van der Waals surface area contributed by atoms with Crippen LogP contribution in [0.2, 0.25) is 0 Å². The second-order valence-electron chi connectivity index (χ2n) is 12.6. The van der Waals surface area contributed by atoms with E-state index < -0.39 is 159 Å². The van der Waals surface area contributed by atoms with E-state index in [9.17, 15) is 155 Å². The molecule has 0 spiro atoms. The zero-order valence-corrected chi connectivity index (χ0v) is 31.5. The largest absolute Gasteiger partial charge is 0.460 e. The molecular formula is C29H13F34NS2. The summed E-state index contributed by atoms with van der Waals surface area (Å²) in [4.78, 5) is 0. The number of thioether (sulfide) groups is 2. The van der Waals surface area contributed by atoms with Crippen molar-refractivity contribution >= 4 is 29.1 Å². The topological polar surface area (TPSA) is 23.8 Å². The molecule has 0 heterocycles. The van der Waals surface area contributed by atoms with Gasteiger partial charge in [-0.25, -0.2) is 0 Å². The maximum atomic E-state index is 14.5. The Morgan fingerprint density at radius 3 is 0.803 bits per heavy atom. The van der Waals surface area contributed by atoms with E-state index in [2.05, 4.69) is 0 Å². The molecule has 0 radical (unpaired) electrons. The fourth-order valence-electron chi connectivity index (χ4n) is 4.27. The summed E-state index contributed by atoms with van der Waals surface area (Å²) in [5.41, 5.74) is -1.96. The molecule has 0 aliphatic rings. The molecule has 0 saturated carbocycles. The van der Waals surface area contributed by atoms with Crippen molar-refractivity contribution in [2.75, 3.05) is 11.5 Å². The molecule has 0 bridgehead atoms. The van der Waals surface area contributed by atoms with E-state index in [4.69, 9.17) is 0 Å². The monoisotopic (exact) mass is 1080 g/mol. The Balaban J connectivity index is 3.67. The first-order valence-electron chi connectivity index (χ1n) is 15.5. The first-order valence-corrected chi connectivity index (χ1v) is 17.5. The molecule has 1 aromatic carbocycles. The van der Waals surface area contributed by atoms with Crippen molar-refractivity contribution < 1.29 is 149 Å². The van der Waals surface area contributed by atoms with Gasteiger partial charge in [-0.1, -0.05) is 30.3 Å². The molecular weight excluding hydrogens is 1070 g/mol. The molecule has 0 aliphatic carbocycles. The number of nitriles is 1. The van der Waals surface area contributed by atoms with E-state index in [1.54, 1.807) is 0 Å². The smallest absolute Gasteiger partial charge is 0.200 e. The van der Waals surface area contributed by atoms with Crippen molar-refractivity contribution in [3.63, 3.8) is 0 Å². The van der Waals surface area contributed by atoms with Crippen LogP contribution in [0, 0.1) is 11.3 Å². The van der Waals surface area contributed by atoms with E-state index >= 15 is 0 Å². The molecule has 1 rings (SSSR count). The molecule has 1 nitrogen and oxygen atoms in total. The Morgan fingerprint density at radius 2 is 0.576 bits per heavy atom. The van der Waals surface area contributed by atoms with Gasteiger partial charge in [0, 0.05) is 24.3 Å². The molecule has 66 heavy (non-hydrogen) atoms. The van der Waals surface area contributed by atoms with Gasteiger partial charge in [0.15, 0.2) is 0 Å². The van der Waals surface area contributed by atoms with Gasteiger partial charge in [0.25, 0.3) is 0 Å². The molecule has 0 N–H and O–H groups in total. The number of hydrogen-bond donors (Lipinski definition) is 0. The SMILES string of the molecule is N#CC(=C(SCCC(F)(F)C(F)(F)C(F)(F)C(F)(F)C(F)(F)C(F)(F)C(F)(F)C(F)(F)F)SCCC(F)(F)C(F)(F)C(F)(F)C(F)(F)C(F)(F)C(F)(F)C(F)(F)C(F)(F)F)c1ccccc1. The van der Waals surface area contributed by atoms with Crippen LogP contribution in [-0.4, -0.2) is 107 Å². The quantitative estimate of drug-likeness (QED) is 0.0906. The summed E-state index contributed by atoms with van der Waals surface area (Å²) in [5, 5.41) is 9.47. The number of hydrogen-bond acceptors (Lipinski definition) is 3. The highest BCUT2D eigenvalue weighted by atomic mass is 32.2. The number of alkyl halides is 34. The van der Waals surface area contributed by atoms with Crippen molar-refractivity contribution in [1.82, 2.24) is 0 Å². The number of rotatable bonds is 21. The summed E-state index contributed by atoms with van der Waals surface area (Å²) in [6.45, 7) is 0. The van der Waals surface area contributed by atoms with Gasteiger partial charge in [0.2, 0.25) is 0 Å². The van der Waals surface area contributed by atoms with Crippen molar-refractivity contribution in [2.24, 2.45) is 0 Å². The van der Waals surface area contributed by atoms with Crippen LogP contribution in [-0.2, 0) is 0 Å². The van der Waals surface area contributed by atoms with E-state index in [-0.39, 0.29) is 0 Å². The fraction of sp³-hybridized carbons (Fsp3) is 0.690. The lowest BCUT2D eigenvalue weighted by Gasteiger charge is -2.42. The molecule has 0 atom stereocenters. The predicted octanol–water partition coefficient (Wildman–Crippen LogP) is 15.1. The lowest BCUT2D eigenvalue weighted by atomic mass is 9.88. The zero-order chi connectivity index (χ0) is 53.2. The van der Waals surface area contributed by atoms with Crippen LogP contribution in [0.15, 0.2) is 34.6 Å². The highest BCUT2D eigenvalue weighted by Crippen LogP contribution is 2.66. The molecule has 1 aromatic rings. The van der Waals surface area contributed by atoms with Crippen LogP contribution >= 0.6 is 23.5 Å². The van der Waals surface area contributed by atoms with Crippen molar-refractivity contribution in [3.8, 4) is 6.07 Å². The Morgan fingerprint density at radius 1 is 0.348 bits per heavy atom. The van der Waals surface area contributed by atoms with Crippen LogP contribution in [0.25, 0.3) is 5.57 Å². The minimum absolute atomic E-state index is 0.681. The van der Waals surface area contributed by atoms with E-state index in [0.29, 0.717) is 12.1 Å². The Labute approximate surface area is 349 Å². The van der Waals surface area contributed by atoms with E-state index in [1.807, 2.05) is 0 Å². The first kappa shape index (κ1) is 60.8. The number of benzene rings is 1. The average Bonchev–Trinajstić information content (AvgIpc) is 3.13. The zero-order valence-electron chi connectivity index (χ0n) is 29.8. The van der Waals surface area contributed by atoms with Crippen LogP contribution in [0.4, 0.5) is 149 Å². The van der Waals surface area contributed by atoms with Crippen LogP contribution < -0.4 is 0 Å². The molecule has 0 amide bonds. The second-order valence-corrected chi connectivity index (χ2v) is 15.1. The Kier molecular flexibility index (Phi) is 16.2. The predicted molar refractivity (Wildman–Crippen MR) is 154 cm³/mol. The molecule has 0 saturated heterocycles. The van der Waals surface area contributed by atoms with Gasteiger partial charge in [-0.2, -0.15) is 155 Å². The summed E-state index contributed by atoms with van der Waals surface area (Å²) >= 11 is -1.72. The van der Waals surface area contributed by atoms with Crippen molar-refractivity contribution in [2.45, 2.75) is 108 Å². The number of nitrogens with zero attached hydrogens (tertiary/aromatic N) is 1. The summed E-state index contributed by atoms with van der Waals surface area (Å²) in [7, 11) is 0. The lowest BCUT2D eigenvalue weighted by molar-refractivity contribution is -0.461. The lowest BCUT2D eigenvalue weighted by Crippen LogP contribution is -2.74. The normalized spacial score (nSPS) is 15.8. The van der Waals surface area contributed by atoms with Gasteiger partial charge in [-0.3, -0.25) is 0 Å². The number of halogens is 34. The van der Waals surface area contributed by atoms with Gasteiger partial charge in [0.05, 0.1) is 9.81 Å². The highest BCUT2D eigenvalue weighted by molar-refractivity contribution is 8.22. The van der Waals surface area contributed by atoms with Gasteiger partial charge < -0.3 is 0 Å². The summed E-state index contributed by atoms with van der Waals surface area (Å²) < 4.78 is 461. The van der Waals surface area contributed by atoms with Crippen LogP contribution in [0.5, 0.6) is 0 Å². The maximum absolute atomic E-state index is 14.5. The third-order valence-corrected chi connectivity index (χ3v) is 10.7.